The fourth-order valence-electron chi connectivity index (χ4n) is 0.259. The van der Waals surface area contributed by atoms with Gasteiger partial charge in [-0.25, -0.2) is 0 Å². The van der Waals surface area contributed by atoms with Gasteiger partial charge >= 0.3 is 0 Å². The molecule has 0 aromatic rings. The zero-order chi connectivity index (χ0) is 7.49. The molecule has 1 unspecified atom stereocenters. The first-order valence-corrected chi connectivity index (χ1v) is 3.55. The molecule has 0 N–H and O–H groups in total. The van der Waals surface area contributed by atoms with Crippen molar-refractivity contribution in [3.05, 3.63) is 0 Å². The van der Waals surface area contributed by atoms with Gasteiger partial charge in [0.25, 0.3) is 0 Å². The van der Waals surface area contributed by atoms with Gasteiger partial charge in [-0.3, -0.25) is 0 Å². The van der Waals surface area contributed by atoms with Gasteiger partial charge in [-0.05, 0) is 13.8 Å². The molecule has 0 saturated carbocycles. The Balaban J connectivity index is 4.01. The predicted molar refractivity (Wildman–Crippen MR) is 39.4 cm³/mol. The molecular formula is C6H10BrNO. The number of ether oxygens (including phenoxy) is 1. The summed E-state index contributed by atoms with van der Waals surface area (Å²) in [5.74, 6) is 0. The van der Waals surface area contributed by atoms with Crippen LogP contribution >= 0.6 is 15.9 Å². The molecule has 0 amide bonds. The largest absolute Gasteiger partial charge is 0.377 e. The van der Waals surface area contributed by atoms with Crippen LogP contribution in [0.2, 0.25) is 0 Å². The number of methoxy groups -OCH3 is 1. The Hall–Kier alpha value is -0.0700. The summed E-state index contributed by atoms with van der Waals surface area (Å²) >= 11 is 3.17. The summed E-state index contributed by atoms with van der Waals surface area (Å²) in [7, 11) is 1.59. The molecule has 0 radical (unpaired) electrons. The molecule has 0 saturated heterocycles. The smallest absolute Gasteiger partial charge is 0.130 e. The average Bonchev–Trinajstić information content (AvgIpc) is 1.86. The van der Waals surface area contributed by atoms with Crippen LogP contribution in [0.25, 0.3) is 0 Å². The highest BCUT2D eigenvalue weighted by Crippen LogP contribution is 2.19. The van der Waals surface area contributed by atoms with Gasteiger partial charge in [0.15, 0.2) is 0 Å². The van der Waals surface area contributed by atoms with Crippen LogP contribution in [0.3, 0.4) is 0 Å². The van der Waals surface area contributed by atoms with E-state index in [1.54, 1.807) is 7.11 Å². The average molecular weight is 192 g/mol. The van der Waals surface area contributed by atoms with Crippen molar-refractivity contribution in [1.29, 1.82) is 5.26 Å². The SMILES string of the molecule is COC(C)(C)C(Br)C#N. The van der Waals surface area contributed by atoms with E-state index in [0.29, 0.717) is 0 Å². The molecule has 0 spiro atoms. The lowest BCUT2D eigenvalue weighted by Crippen LogP contribution is -2.32. The highest BCUT2D eigenvalue weighted by atomic mass is 79.9. The number of hydrogen-bond donors (Lipinski definition) is 0. The molecule has 9 heavy (non-hydrogen) atoms. The van der Waals surface area contributed by atoms with E-state index in [9.17, 15) is 0 Å². The van der Waals surface area contributed by atoms with Crippen LogP contribution < -0.4 is 0 Å². The maximum Gasteiger partial charge on any atom is 0.130 e. The summed E-state index contributed by atoms with van der Waals surface area (Å²) in [5.41, 5.74) is -0.394. The first-order valence-electron chi connectivity index (χ1n) is 2.63. The van der Waals surface area contributed by atoms with Crippen molar-refractivity contribution in [2.75, 3.05) is 7.11 Å². The summed E-state index contributed by atoms with van der Waals surface area (Å²) in [6, 6.07) is 2.05. The van der Waals surface area contributed by atoms with Gasteiger partial charge in [0.05, 0.1) is 11.7 Å². The molecule has 0 rings (SSSR count). The fourth-order valence-corrected chi connectivity index (χ4v) is 0.446. The summed E-state index contributed by atoms with van der Waals surface area (Å²) in [6.07, 6.45) is 0. The topological polar surface area (TPSA) is 33.0 Å². The lowest BCUT2D eigenvalue weighted by molar-refractivity contribution is 0.0327. The number of rotatable bonds is 2. The molecule has 0 heterocycles. The molecule has 3 heteroatoms. The van der Waals surface area contributed by atoms with Crippen LogP contribution in [-0.4, -0.2) is 17.5 Å². The summed E-state index contributed by atoms with van der Waals surface area (Å²) in [6.45, 7) is 3.71. The van der Waals surface area contributed by atoms with Crippen LogP contribution in [0.15, 0.2) is 0 Å². The number of nitriles is 1. The molecule has 1 atom stereocenters. The summed E-state index contributed by atoms with van der Waals surface area (Å²) in [5, 5.41) is 8.42. The van der Waals surface area contributed by atoms with Crippen LogP contribution in [0.1, 0.15) is 13.8 Å². The predicted octanol–water partition coefficient (Wildman–Crippen LogP) is 1.70. The van der Waals surface area contributed by atoms with Crippen molar-refractivity contribution in [2.24, 2.45) is 0 Å². The standard InChI is InChI=1S/C6H10BrNO/c1-6(2,9-3)5(7)4-8/h5H,1-3H3. The number of hydrogen-bond acceptors (Lipinski definition) is 2. The number of nitrogens with zero attached hydrogens (tertiary/aromatic N) is 1. The zero-order valence-electron chi connectivity index (χ0n) is 5.81. The molecule has 0 aliphatic heterocycles. The normalized spacial score (nSPS) is 14.6. The molecule has 0 aliphatic carbocycles. The lowest BCUT2D eigenvalue weighted by Gasteiger charge is -2.23. The van der Waals surface area contributed by atoms with E-state index in [2.05, 4.69) is 15.9 Å². The summed E-state index contributed by atoms with van der Waals surface area (Å²) in [4.78, 5) is -0.241. The van der Waals surface area contributed by atoms with Crippen molar-refractivity contribution in [3.63, 3.8) is 0 Å². The van der Waals surface area contributed by atoms with E-state index in [4.69, 9.17) is 10.00 Å². The Labute approximate surface area is 63.9 Å². The van der Waals surface area contributed by atoms with Crippen LogP contribution in [0.4, 0.5) is 0 Å². The number of halogens is 1. The second-order valence-corrected chi connectivity index (χ2v) is 3.21. The fraction of sp³-hybridized carbons (Fsp3) is 0.833. The molecule has 0 aromatic heterocycles. The highest BCUT2D eigenvalue weighted by molar-refractivity contribution is 9.09. The third kappa shape index (κ3) is 2.33. The second kappa shape index (κ2) is 3.19. The third-order valence-corrected chi connectivity index (χ3v) is 2.56. The molecule has 0 fully saturated rings. The molecule has 0 aliphatic rings. The van der Waals surface area contributed by atoms with E-state index < -0.39 is 5.60 Å². The van der Waals surface area contributed by atoms with Gasteiger partial charge in [0, 0.05) is 7.11 Å². The van der Waals surface area contributed by atoms with E-state index in [-0.39, 0.29) is 4.83 Å². The maximum atomic E-state index is 8.42. The Bertz CT molecular complexity index is 128. The third-order valence-electron chi connectivity index (χ3n) is 1.25. The van der Waals surface area contributed by atoms with Gasteiger partial charge in [-0.1, -0.05) is 15.9 Å². The van der Waals surface area contributed by atoms with Crippen molar-refractivity contribution >= 4 is 15.9 Å². The van der Waals surface area contributed by atoms with Gasteiger partial charge < -0.3 is 4.74 Å². The molecule has 0 aromatic carbocycles. The monoisotopic (exact) mass is 191 g/mol. The number of alkyl halides is 1. The minimum atomic E-state index is -0.394. The van der Waals surface area contributed by atoms with E-state index >= 15 is 0 Å². The second-order valence-electron chi connectivity index (χ2n) is 2.30. The van der Waals surface area contributed by atoms with Crippen LogP contribution in [0.5, 0.6) is 0 Å². The van der Waals surface area contributed by atoms with Crippen molar-refractivity contribution in [3.8, 4) is 6.07 Å². The maximum absolute atomic E-state index is 8.42. The quantitative estimate of drug-likeness (QED) is 0.623. The van der Waals surface area contributed by atoms with E-state index in [0.717, 1.165) is 0 Å². The van der Waals surface area contributed by atoms with Gasteiger partial charge in [0.1, 0.15) is 4.83 Å². The van der Waals surface area contributed by atoms with Crippen molar-refractivity contribution < 1.29 is 4.74 Å². The van der Waals surface area contributed by atoms with Gasteiger partial charge in [-0.2, -0.15) is 5.26 Å². The lowest BCUT2D eigenvalue weighted by atomic mass is 10.1. The van der Waals surface area contributed by atoms with Crippen molar-refractivity contribution in [1.82, 2.24) is 0 Å². The first kappa shape index (κ1) is 8.93. The van der Waals surface area contributed by atoms with Crippen molar-refractivity contribution in [2.45, 2.75) is 24.3 Å². The van der Waals surface area contributed by atoms with E-state index in [1.165, 1.54) is 0 Å². The molecular weight excluding hydrogens is 182 g/mol. The molecule has 52 valence electrons. The Morgan fingerprint density at radius 3 is 2.22 bits per heavy atom. The summed E-state index contributed by atoms with van der Waals surface area (Å²) < 4.78 is 5.02. The minimum absolute atomic E-state index is 0.241. The Morgan fingerprint density at radius 1 is 1.67 bits per heavy atom. The van der Waals surface area contributed by atoms with Gasteiger partial charge in [0.2, 0.25) is 0 Å². The first-order chi connectivity index (χ1) is 4.04. The molecule has 0 bridgehead atoms. The molecule has 2 nitrogen and oxygen atoms in total. The Morgan fingerprint density at radius 2 is 2.11 bits per heavy atom. The van der Waals surface area contributed by atoms with Crippen LogP contribution in [0, 0.1) is 11.3 Å². The zero-order valence-corrected chi connectivity index (χ0v) is 7.40. The van der Waals surface area contributed by atoms with E-state index in [1.807, 2.05) is 19.9 Å². The highest BCUT2D eigenvalue weighted by Gasteiger charge is 2.26. The Kier molecular flexibility index (Phi) is 3.16. The van der Waals surface area contributed by atoms with Gasteiger partial charge in [-0.15, -0.1) is 0 Å². The van der Waals surface area contributed by atoms with Crippen LogP contribution in [-0.2, 0) is 4.74 Å². The minimum Gasteiger partial charge on any atom is -0.377 e.